The summed E-state index contributed by atoms with van der Waals surface area (Å²) in [5, 5.41) is 2.68. The highest BCUT2D eigenvalue weighted by Gasteiger charge is 2.17. The standard InChI is InChI=1S/C13H19BrN2O3S/c1-4-13(17)15-7-8-16(20(3,18)19)11-5-6-12(14)10(2)9-11/h5-6,9H,4,7-8H2,1-3H3,(H,15,17). The highest BCUT2D eigenvalue weighted by molar-refractivity contribution is 9.10. The van der Waals surface area contributed by atoms with Crippen molar-refractivity contribution in [2.24, 2.45) is 0 Å². The Kier molecular flexibility index (Phi) is 6.01. The van der Waals surface area contributed by atoms with Crippen LogP contribution in [-0.2, 0) is 14.8 Å². The van der Waals surface area contributed by atoms with Crippen LogP contribution in [0.4, 0.5) is 5.69 Å². The molecule has 1 N–H and O–H groups in total. The summed E-state index contributed by atoms with van der Waals surface area (Å²) < 4.78 is 26.0. The van der Waals surface area contributed by atoms with Gasteiger partial charge in [0.15, 0.2) is 0 Å². The molecule has 0 saturated heterocycles. The van der Waals surface area contributed by atoms with Crippen LogP contribution in [0, 0.1) is 6.92 Å². The van der Waals surface area contributed by atoms with E-state index in [1.165, 1.54) is 4.31 Å². The van der Waals surface area contributed by atoms with Crippen molar-refractivity contribution in [3.05, 3.63) is 28.2 Å². The van der Waals surface area contributed by atoms with Crippen molar-refractivity contribution in [1.82, 2.24) is 5.32 Å². The van der Waals surface area contributed by atoms with Gasteiger partial charge in [0, 0.05) is 17.4 Å². The molecule has 20 heavy (non-hydrogen) atoms. The number of hydrogen-bond acceptors (Lipinski definition) is 3. The number of nitrogens with one attached hydrogen (secondary N) is 1. The summed E-state index contributed by atoms with van der Waals surface area (Å²) in [6.45, 7) is 4.15. The smallest absolute Gasteiger partial charge is 0.232 e. The van der Waals surface area contributed by atoms with Crippen molar-refractivity contribution < 1.29 is 13.2 Å². The summed E-state index contributed by atoms with van der Waals surface area (Å²) in [5.74, 6) is -0.0922. The van der Waals surface area contributed by atoms with E-state index in [0.29, 0.717) is 12.1 Å². The van der Waals surface area contributed by atoms with Crippen LogP contribution in [0.1, 0.15) is 18.9 Å². The molecule has 1 rings (SSSR count). The molecular weight excluding hydrogens is 344 g/mol. The number of carbonyl (C=O) groups excluding carboxylic acids is 1. The largest absolute Gasteiger partial charge is 0.354 e. The number of benzene rings is 1. The zero-order valence-electron chi connectivity index (χ0n) is 11.8. The Labute approximate surface area is 128 Å². The molecule has 7 heteroatoms. The van der Waals surface area contributed by atoms with Crippen molar-refractivity contribution in [1.29, 1.82) is 0 Å². The van der Waals surface area contributed by atoms with Gasteiger partial charge in [0.05, 0.1) is 18.5 Å². The molecule has 0 atom stereocenters. The van der Waals surface area contributed by atoms with Crippen LogP contribution in [0.15, 0.2) is 22.7 Å². The van der Waals surface area contributed by atoms with Gasteiger partial charge in [0.25, 0.3) is 0 Å². The zero-order valence-corrected chi connectivity index (χ0v) is 14.2. The van der Waals surface area contributed by atoms with Crippen LogP contribution in [0.2, 0.25) is 0 Å². The first kappa shape index (κ1) is 17.0. The molecule has 0 aliphatic rings. The fourth-order valence-electron chi connectivity index (χ4n) is 1.69. The minimum Gasteiger partial charge on any atom is -0.354 e. The molecule has 5 nitrogen and oxygen atoms in total. The van der Waals surface area contributed by atoms with Gasteiger partial charge in [0.2, 0.25) is 15.9 Å². The second kappa shape index (κ2) is 7.08. The fourth-order valence-corrected chi connectivity index (χ4v) is 2.86. The lowest BCUT2D eigenvalue weighted by molar-refractivity contribution is -0.120. The molecule has 0 radical (unpaired) electrons. The second-order valence-electron chi connectivity index (χ2n) is 4.47. The highest BCUT2D eigenvalue weighted by atomic mass is 79.9. The van der Waals surface area contributed by atoms with E-state index >= 15 is 0 Å². The Morgan fingerprint density at radius 3 is 2.55 bits per heavy atom. The van der Waals surface area contributed by atoms with Gasteiger partial charge >= 0.3 is 0 Å². The predicted octanol–water partition coefficient (Wildman–Crippen LogP) is 2.05. The third kappa shape index (κ3) is 4.79. The molecule has 1 amide bonds. The van der Waals surface area contributed by atoms with Gasteiger partial charge in [-0.2, -0.15) is 0 Å². The van der Waals surface area contributed by atoms with Crippen molar-refractivity contribution in [3.63, 3.8) is 0 Å². The average molecular weight is 363 g/mol. The first-order chi connectivity index (χ1) is 9.25. The van der Waals surface area contributed by atoms with Gasteiger partial charge in [-0.15, -0.1) is 0 Å². The van der Waals surface area contributed by atoms with E-state index in [9.17, 15) is 13.2 Å². The second-order valence-corrected chi connectivity index (χ2v) is 7.23. The van der Waals surface area contributed by atoms with Crippen LogP contribution < -0.4 is 9.62 Å². The minimum absolute atomic E-state index is 0.0922. The lowest BCUT2D eigenvalue weighted by atomic mass is 10.2. The third-order valence-corrected chi connectivity index (χ3v) is 4.87. The number of amides is 1. The van der Waals surface area contributed by atoms with E-state index in [0.717, 1.165) is 16.3 Å². The van der Waals surface area contributed by atoms with Gasteiger partial charge in [-0.1, -0.05) is 22.9 Å². The van der Waals surface area contributed by atoms with Crippen LogP contribution in [-0.4, -0.2) is 33.7 Å². The number of aryl methyl sites for hydroxylation is 1. The Balaban J connectivity index is 2.90. The summed E-state index contributed by atoms with van der Waals surface area (Å²) >= 11 is 3.39. The predicted molar refractivity (Wildman–Crippen MR) is 84.4 cm³/mol. The van der Waals surface area contributed by atoms with E-state index in [2.05, 4.69) is 21.2 Å². The normalized spacial score (nSPS) is 11.2. The van der Waals surface area contributed by atoms with Crippen LogP contribution >= 0.6 is 15.9 Å². The lowest BCUT2D eigenvalue weighted by Crippen LogP contribution is -2.38. The maximum absolute atomic E-state index is 11.9. The van der Waals surface area contributed by atoms with Crippen LogP contribution in [0.5, 0.6) is 0 Å². The summed E-state index contributed by atoms with van der Waals surface area (Å²) in [6, 6.07) is 5.35. The number of halogens is 1. The molecule has 0 bridgehead atoms. The highest BCUT2D eigenvalue weighted by Crippen LogP contribution is 2.24. The Hall–Kier alpha value is -1.08. The number of anilines is 1. The zero-order chi connectivity index (χ0) is 15.3. The number of rotatable bonds is 6. The molecule has 0 aliphatic carbocycles. The number of carbonyl (C=O) groups is 1. The maximum atomic E-state index is 11.9. The number of nitrogens with zero attached hydrogens (tertiary/aromatic N) is 1. The monoisotopic (exact) mass is 362 g/mol. The van der Waals surface area contributed by atoms with Crippen molar-refractivity contribution in [2.75, 3.05) is 23.7 Å². The van der Waals surface area contributed by atoms with Gasteiger partial charge < -0.3 is 5.32 Å². The van der Waals surface area contributed by atoms with Crippen molar-refractivity contribution >= 4 is 37.5 Å². The van der Waals surface area contributed by atoms with Crippen molar-refractivity contribution in [2.45, 2.75) is 20.3 Å². The van der Waals surface area contributed by atoms with E-state index in [-0.39, 0.29) is 19.0 Å². The molecule has 0 aliphatic heterocycles. The number of hydrogen-bond donors (Lipinski definition) is 1. The Morgan fingerprint density at radius 1 is 1.40 bits per heavy atom. The minimum atomic E-state index is -3.39. The Morgan fingerprint density at radius 2 is 2.05 bits per heavy atom. The van der Waals surface area contributed by atoms with E-state index in [1.807, 2.05) is 13.0 Å². The van der Waals surface area contributed by atoms with Crippen molar-refractivity contribution in [3.8, 4) is 0 Å². The van der Waals surface area contributed by atoms with Gasteiger partial charge in [-0.25, -0.2) is 8.42 Å². The molecule has 0 saturated carbocycles. The van der Waals surface area contributed by atoms with E-state index in [1.54, 1.807) is 19.1 Å². The molecule has 0 heterocycles. The average Bonchev–Trinajstić information content (AvgIpc) is 2.36. The van der Waals surface area contributed by atoms with E-state index < -0.39 is 10.0 Å². The first-order valence-corrected chi connectivity index (χ1v) is 8.90. The first-order valence-electron chi connectivity index (χ1n) is 6.26. The SMILES string of the molecule is CCC(=O)NCCN(c1ccc(Br)c(C)c1)S(C)(=O)=O. The van der Waals surface area contributed by atoms with Crippen LogP contribution in [0.3, 0.4) is 0 Å². The van der Waals surface area contributed by atoms with Crippen LogP contribution in [0.25, 0.3) is 0 Å². The molecule has 0 unspecified atom stereocenters. The topological polar surface area (TPSA) is 66.5 Å². The molecular formula is C13H19BrN2O3S. The molecule has 1 aromatic rings. The fraction of sp³-hybridized carbons (Fsp3) is 0.462. The summed E-state index contributed by atoms with van der Waals surface area (Å²) in [4.78, 5) is 11.2. The quantitative estimate of drug-likeness (QED) is 0.841. The molecule has 0 fully saturated rings. The van der Waals surface area contributed by atoms with Gasteiger partial charge in [-0.05, 0) is 30.7 Å². The molecule has 0 aromatic heterocycles. The molecule has 1 aromatic carbocycles. The lowest BCUT2D eigenvalue weighted by Gasteiger charge is -2.23. The summed E-state index contributed by atoms with van der Waals surface area (Å²) in [7, 11) is -3.39. The number of sulfonamides is 1. The van der Waals surface area contributed by atoms with E-state index in [4.69, 9.17) is 0 Å². The molecule has 0 spiro atoms. The third-order valence-electron chi connectivity index (χ3n) is 2.79. The van der Waals surface area contributed by atoms with Gasteiger partial charge in [0.1, 0.15) is 0 Å². The maximum Gasteiger partial charge on any atom is 0.232 e. The Bertz CT molecular complexity index is 587. The summed E-state index contributed by atoms with van der Waals surface area (Å²) in [5.41, 5.74) is 1.55. The molecule has 112 valence electrons. The van der Waals surface area contributed by atoms with Gasteiger partial charge in [-0.3, -0.25) is 9.10 Å². The summed E-state index contributed by atoms with van der Waals surface area (Å²) in [6.07, 6.45) is 1.54.